The van der Waals surface area contributed by atoms with Crippen LogP contribution in [-0.4, -0.2) is 23.9 Å². The Morgan fingerprint density at radius 3 is 2.31 bits per heavy atom. The minimum Gasteiger partial charge on any atom is -0.399 e. The normalized spacial score (nSPS) is 9.44. The fourth-order valence-corrected chi connectivity index (χ4v) is 1.67. The number of hydrogen-bond donors (Lipinski definition) is 1. The molecule has 0 aliphatic carbocycles. The lowest BCUT2D eigenvalue weighted by atomic mass is 10.1. The van der Waals surface area contributed by atoms with Gasteiger partial charge in [0.05, 0.1) is 0 Å². The van der Waals surface area contributed by atoms with Gasteiger partial charge in [0.1, 0.15) is 0 Å². The molecule has 0 radical (unpaired) electrons. The van der Waals surface area contributed by atoms with E-state index < -0.39 is 0 Å². The molecule has 0 saturated heterocycles. The fraction of sp³-hybridized carbons (Fsp3) is 0.364. The summed E-state index contributed by atoms with van der Waals surface area (Å²) >= 11 is 5.83. The molecule has 1 aromatic rings. The molecule has 1 aromatic carbocycles. The Balaban J connectivity index is 0.00000225. The molecular formula is C11H16Cl2N2O. The maximum Gasteiger partial charge on any atom is 0.253 e. The molecule has 3 nitrogen and oxygen atoms in total. The zero-order chi connectivity index (χ0) is 11.4. The number of anilines is 1. The van der Waals surface area contributed by atoms with Crippen molar-refractivity contribution in [3.8, 4) is 0 Å². The third-order valence-electron chi connectivity index (χ3n) is 2.22. The van der Waals surface area contributed by atoms with Gasteiger partial charge in [-0.2, -0.15) is 0 Å². The summed E-state index contributed by atoms with van der Waals surface area (Å²) in [7, 11) is 0. The van der Waals surface area contributed by atoms with Crippen LogP contribution in [0.15, 0.2) is 18.2 Å². The molecule has 0 aromatic heterocycles. The van der Waals surface area contributed by atoms with Gasteiger partial charge in [-0.25, -0.2) is 0 Å². The van der Waals surface area contributed by atoms with Crippen LogP contribution in [0.25, 0.3) is 0 Å². The number of nitrogen functional groups attached to an aromatic ring is 1. The van der Waals surface area contributed by atoms with Crippen molar-refractivity contribution in [2.45, 2.75) is 13.8 Å². The summed E-state index contributed by atoms with van der Waals surface area (Å²) in [5.41, 5.74) is 6.68. The van der Waals surface area contributed by atoms with Crippen molar-refractivity contribution in [3.05, 3.63) is 28.8 Å². The topological polar surface area (TPSA) is 46.3 Å². The predicted octanol–water partition coefficient (Wildman–Crippen LogP) is 2.83. The molecule has 0 fully saturated rings. The summed E-state index contributed by atoms with van der Waals surface area (Å²) in [6.45, 7) is 5.24. The van der Waals surface area contributed by atoms with Crippen LogP contribution in [0.5, 0.6) is 0 Å². The van der Waals surface area contributed by atoms with Crippen LogP contribution in [0.1, 0.15) is 24.2 Å². The van der Waals surface area contributed by atoms with E-state index in [4.69, 9.17) is 17.3 Å². The van der Waals surface area contributed by atoms with Gasteiger partial charge in [-0.15, -0.1) is 12.4 Å². The minimum atomic E-state index is -0.0331. The molecule has 0 bridgehead atoms. The summed E-state index contributed by atoms with van der Waals surface area (Å²) in [5.74, 6) is -0.0331. The Morgan fingerprint density at radius 1 is 1.31 bits per heavy atom. The van der Waals surface area contributed by atoms with E-state index in [1.165, 1.54) is 0 Å². The van der Waals surface area contributed by atoms with Crippen LogP contribution in [0, 0.1) is 0 Å². The number of carbonyl (C=O) groups excluding carboxylic acids is 1. The Labute approximate surface area is 107 Å². The highest BCUT2D eigenvalue weighted by molar-refractivity contribution is 6.31. The van der Waals surface area contributed by atoms with Gasteiger partial charge < -0.3 is 10.6 Å². The van der Waals surface area contributed by atoms with Crippen molar-refractivity contribution >= 4 is 35.6 Å². The molecule has 1 rings (SSSR count). The van der Waals surface area contributed by atoms with E-state index in [1.54, 1.807) is 23.1 Å². The second-order valence-corrected chi connectivity index (χ2v) is 3.69. The molecule has 5 heteroatoms. The maximum atomic E-state index is 11.9. The number of nitrogens with zero attached hydrogens (tertiary/aromatic N) is 1. The standard InChI is InChI=1S/C11H15ClN2O.ClH/c1-3-14(4-2)11(15)8-5-9(12)7-10(13)6-8;/h5-7H,3-4,13H2,1-2H3;1H. The molecule has 0 atom stereocenters. The first-order chi connectivity index (χ1) is 7.08. The molecule has 0 saturated carbocycles. The Morgan fingerprint density at radius 2 is 1.88 bits per heavy atom. The molecule has 16 heavy (non-hydrogen) atoms. The van der Waals surface area contributed by atoms with Crippen molar-refractivity contribution in [3.63, 3.8) is 0 Å². The zero-order valence-electron chi connectivity index (χ0n) is 9.37. The summed E-state index contributed by atoms with van der Waals surface area (Å²) in [4.78, 5) is 13.7. The molecule has 0 unspecified atom stereocenters. The van der Waals surface area contributed by atoms with E-state index in [0.29, 0.717) is 29.4 Å². The van der Waals surface area contributed by atoms with Crippen LogP contribution in [-0.2, 0) is 0 Å². The minimum absolute atomic E-state index is 0. The van der Waals surface area contributed by atoms with Gasteiger partial charge in [0, 0.05) is 29.4 Å². The highest BCUT2D eigenvalue weighted by Crippen LogP contribution is 2.17. The fourth-order valence-electron chi connectivity index (χ4n) is 1.43. The number of carbonyl (C=O) groups is 1. The maximum absolute atomic E-state index is 11.9. The van der Waals surface area contributed by atoms with Gasteiger partial charge >= 0.3 is 0 Å². The van der Waals surface area contributed by atoms with Gasteiger partial charge in [-0.3, -0.25) is 4.79 Å². The number of amides is 1. The number of benzene rings is 1. The molecule has 90 valence electrons. The summed E-state index contributed by atoms with van der Waals surface area (Å²) in [6.07, 6.45) is 0. The van der Waals surface area contributed by atoms with Crippen molar-refractivity contribution in [2.75, 3.05) is 18.8 Å². The molecule has 2 N–H and O–H groups in total. The molecule has 1 amide bonds. The summed E-state index contributed by atoms with van der Waals surface area (Å²) in [5, 5.41) is 0.491. The van der Waals surface area contributed by atoms with Crippen LogP contribution in [0.4, 0.5) is 5.69 Å². The monoisotopic (exact) mass is 262 g/mol. The molecule has 0 heterocycles. The Kier molecular flexibility index (Phi) is 6.22. The van der Waals surface area contributed by atoms with E-state index in [9.17, 15) is 4.79 Å². The number of halogens is 2. The van der Waals surface area contributed by atoms with Crippen molar-refractivity contribution in [2.24, 2.45) is 0 Å². The average Bonchev–Trinajstić information content (AvgIpc) is 2.18. The number of hydrogen-bond acceptors (Lipinski definition) is 2. The SMILES string of the molecule is CCN(CC)C(=O)c1cc(N)cc(Cl)c1.Cl. The van der Waals surface area contributed by atoms with E-state index in [2.05, 4.69) is 0 Å². The summed E-state index contributed by atoms with van der Waals surface area (Å²) in [6, 6.07) is 4.91. The summed E-state index contributed by atoms with van der Waals surface area (Å²) < 4.78 is 0. The van der Waals surface area contributed by atoms with Crippen molar-refractivity contribution < 1.29 is 4.79 Å². The second kappa shape index (κ2) is 6.61. The lowest BCUT2D eigenvalue weighted by Crippen LogP contribution is -2.30. The number of nitrogens with two attached hydrogens (primary N) is 1. The largest absolute Gasteiger partial charge is 0.399 e. The lowest BCUT2D eigenvalue weighted by Gasteiger charge is -2.18. The van der Waals surface area contributed by atoms with Gasteiger partial charge in [-0.1, -0.05) is 11.6 Å². The molecule has 0 aliphatic heterocycles. The molecule has 0 spiro atoms. The van der Waals surface area contributed by atoms with Crippen molar-refractivity contribution in [1.29, 1.82) is 0 Å². The third-order valence-corrected chi connectivity index (χ3v) is 2.44. The Hall–Kier alpha value is -0.930. The van der Waals surface area contributed by atoms with Gasteiger partial charge in [0.25, 0.3) is 5.91 Å². The van der Waals surface area contributed by atoms with E-state index in [1.807, 2.05) is 13.8 Å². The molecule has 0 aliphatic rings. The van der Waals surface area contributed by atoms with E-state index in [0.717, 1.165) is 0 Å². The third kappa shape index (κ3) is 3.58. The lowest BCUT2D eigenvalue weighted by molar-refractivity contribution is 0.0773. The van der Waals surface area contributed by atoms with Crippen LogP contribution in [0.2, 0.25) is 5.02 Å². The first-order valence-corrected chi connectivity index (χ1v) is 5.31. The first kappa shape index (κ1) is 15.1. The Bertz CT molecular complexity index is 345. The average molecular weight is 263 g/mol. The highest BCUT2D eigenvalue weighted by atomic mass is 35.5. The van der Waals surface area contributed by atoms with Gasteiger partial charge in [-0.05, 0) is 32.0 Å². The predicted molar refractivity (Wildman–Crippen MR) is 70.4 cm³/mol. The smallest absolute Gasteiger partial charge is 0.253 e. The van der Waals surface area contributed by atoms with Crippen LogP contribution < -0.4 is 5.73 Å². The van der Waals surface area contributed by atoms with E-state index in [-0.39, 0.29) is 18.3 Å². The van der Waals surface area contributed by atoms with Gasteiger partial charge in [0.2, 0.25) is 0 Å². The first-order valence-electron chi connectivity index (χ1n) is 4.93. The van der Waals surface area contributed by atoms with Crippen LogP contribution >= 0.6 is 24.0 Å². The second-order valence-electron chi connectivity index (χ2n) is 3.25. The number of rotatable bonds is 3. The highest BCUT2D eigenvalue weighted by Gasteiger charge is 2.13. The zero-order valence-corrected chi connectivity index (χ0v) is 10.9. The van der Waals surface area contributed by atoms with E-state index >= 15 is 0 Å². The molecular weight excluding hydrogens is 247 g/mol. The van der Waals surface area contributed by atoms with Crippen molar-refractivity contribution in [1.82, 2.24) is 4.90 Å². The quantitative estimate of drug-likeness (QED) is 0.852. The van der Waals surface area contributed by atoms with Gasteiger partial charge in [0.15, 0.2) is 0 Å². The van der Waals surface area contributed by atoms with Crippen LogP contribution in [0.3, 0.4) is 0 Å².